The smallest absolute Gasteiger partial charge is 0.335 e. The van der Waals surface area contributed by atoms with Crippen LogP contribution >= 0.6 is 0 Å². The van der Waals surface area contributed by atoms with E-state index in [0.29, 0.717) is 18.7 Å². The number of nitrogens with zero attached hydrogens (tertiary/aromatic N) is 1. The lowest BCUT2D eigenvalue weighted by Crippen LogP contribution is -2.56. The van der Waals surface area contributed by atoms with Crippen molar-refractivity contribution in [2.24, 2.45) is 0 Å². The van der Waals surface area contributed by atoms with Crippen LogP contribution in [0.1, 0.15) is 22.3 Å². The van der Waals surface area contributed by atoms with Crippen molar-refractivity contribution in [3.8, 4) is 0 Å². The monoisotopic (exact) mass is 252 g/mol. The summed E-state index contributed by atoms with van der Waals surface area (Å²) in [4.78, 5) is 12.6. The lowest BCUT2D eigenvalue weighted by molar-refractivity contribution is 0.0133. The van der Waals surface area contributed by atoms with Crippen LogP contribution in [0.4, 0.5) is 5.69 Å². The first-order valence-corrected chi connectivity index (χ1v) is 5.72. The van der Waals surface area contributed by atoms with Crippen LogP contribution in [0.3, 0.4) is 0 Å². The first-order valence-electron chi connectivity index (χ1n) is 5.72. The van der Waals surface area contributed by atoms with Crippen molar-refractivity contribution < 1.29 is 20.1 Å². The summed E-state index contributed by atoms with van der Waals surface area (Å²) in [6, 6.07) is 4.76. The molecule has 0 aliphatic carbocycles. The number of nitrogens with one attached hydrogen (secondary N) is 1. The van der Waals surface area contributed by atoms with Gasteiger partial charge in [-0.3, -0.25) is 0 Å². The number of anilines is 1. The van der Waals surface area contributed by atoms with Crippen LogP contribution < -0.4 is 10.2 Å². The third kappa shape index (κ3) is 2.45. The molecule has 18 heavy (non-hydrogen) atoms. The first-order chi connectivity index (χ1) is 8.49. The number of rotatable bonds is 2. The molecule has 1 aliphatic rings. The standard InChI is InChI=1S/C12H16N2O4/c1-7-2-3-8(11(16)17)6-9(7)14-5-4-10(15)13-12(14)18/h2-3,6,10,12-13,15,18H,4-5H2,1H3,(H,16,17). The Bertz CT molecular complexity index is 463. The molecule has 1 saturated heterocycles. The largest absolute Gasteiger partial charge is 0.478 e. The number of hydrogen-bond acceptors (Lipinski definition) is 5. The van der Waals surface area contributed by atoms with Crippen LogP contribution in [0.5, 0.6) is 0 Å². The summed E-state index contributed by atoms with van der Waals surface area (Å²) in [7, 11) is 0. The first kappa shape index (κ1) is 12.8. The average molecular weight is 252 g/mol. The Morgan fingerprint density at radius 1 is 1.44 bits per heavy atom. The maximum Gasteiger partial charge on any atom is 0.335 e. The Kier molecular flexibility index (Phi) is 3.51. The van der Waals surface area contributed by atoms with E-state index in [9.17, 15) is 15.0 Å². The van der Waals surface area contributed by atoms with Gasteiger partial charge in [-0.2, -0.15) is 0 Å². The molecule has 0 amide bonds. The molecule has 1 aliphatic heterocycles. The molecule has 6 nitrogen and oxygen atoms in total. The summed E-state index contributed by atoms with van der Waals surface area (Å²) in [5.74, 6) is -1.00. The van der Waals surface area contributed by atoms with E-state index in [-0.39, 0.29) is 5.56 Å². The third-order valence-electron chi connectivity index (χ3n) is 3.05. The molecule has 0 bridgehead atoms. The van der Waals surface area contributed by atoms with Crippen molar-refractivity contribution in [2.75, 3.05) is 11.4 Å². The Hall–Kier alpha value is -1.63. The highest BCUT2D eigenvalue weighted by Gasteiger charge is 2.26. The molecule has 1 aromatic rings. The SMILES string of the molecule is Cc1ccc(C(=O)O)cc1N1CCC(O)NC1O. The number of aromatic carboxylic acids is 1. The molecule has 1 heterocycles. The molecule has 0 saturated carbocycles. The maximum absolute atomic E-state index is 10.9. The molecule has 1 fully saturated rings. The second-order valence-electron chi connectivity index (χ2n) is 4.34. The number of hydrogen-bond donors (Lipinski definition) is 4. The van der Waals surface area contributed by atoms with Gasteiger partial charge in [-0.15, -0.1) is 0 Å². The third-order valence-corrected chi connectivity index (χ3v) is 3.05. The van der Waals surface area contributed by atoms with Gasteiger partial charge >= 0.3 is 5.97 Å². The molecule has 0 spiro atoms. The zero-order chi connectivity index (χ0) is 13.3. The minimum atomic E-state index is -1.02. The summed E-state index contributed by atoms with van der Waals surface area (Å²) in [5, 5.41) is 30.8. The van der Waals surface area contributed by atoms with Crippen molar-refractivity contribution >= 4 is 11.7 Å². The lowest BCUT2D eigenvalue weighted by atomic mass is 10.1. The highest BCUT2D eigenvalue weighted by atomic mass is 16.4. The van der Waals surface area contributed by atoms with Gasteiger partial charge in [-0.05, 0) is 24.6 Å². The predicted molar refractivity (Wildman–Crippen MR) is 65.3 cm³/mol. The highest BCUT2D eigenvalue weighted by Crippen LogP contribution is 2.25. The van der Waals surface area contributed by atoms with Crippen molar-refractivity contribution in [1.82, 2.24) is 5.32 Å². The molecule has 0 radical (unpaired) electrons. The highest BCUT2D eigenvalue weighted by molar-refractivity contribution is 5.89. The van der Waals surface area contributed by atoms with Crippen molar-refractivity contribution in [3.05, 3.63) is 29.3 Å². The summed E-state index contributed by atoms with van der Waals surface area (Å²) >= 11 is 0. The number of benzene rings is 1. The quantitative estimate of drug-likeness (QED) is 0.596. The second-order valence-corrected chi connectivity index (χ2v) is 4.34. The zero-order valence-corrected chi connectivity index (χ0v) is 10.00. The van der Waals surface area contributed by atoms with Gasteiger partial charge in [0.25, 0.3) is 0 Å². The molecule has 2 atom stereocenters. The fraction of sp³-hybridized carbons (Fsp3) is 0.417. The van der Waals surface area contributed by atoms with Crippen LogP contribution in [0, 0.1) is 6.92 Å². The van der Waals surface area contributed by atoms with Crippen LogP contribution in [0.25, 0.3) is 0 Å². The van der Waals surface area contributed by atoms with Gasteiger partial charge in [-0.1, -0.05) is 6.07 Å². The molecule has 4 N–H and O–H groups in total. The molecule has 0 aromatic heterocycles. The number of aliphatic hydroxyl groups is 2. The normalized spacial score (nSPS) is 24.1. The minimum absolute atomic E-state index is 0.175. The maximum atomic E-state index is 10.9. The molecule has 6 heteroatoms. The van der Waals surface area contributed by atoms with E-state index in [1.165, 1.54) is 12.1 Å². The van der Waals surface area contributed by atoms with E-state index in [4.69, 9.17) is 5.11 Å². The average Bonchev–Trinajstić information content (AvgIpc) is 2.30. The van der Waals surface area contributed by atoms with Gasteiger partial charge in [0.2, 0.25) is 0 Å². The van der Waals surface area contributed by atoms with E-state index >= 15 is 0 Å². The van der Waals surface area contributed by atoms with Crippen LogP contribution in [-0.4, -0.2) is 40.4 Å². The van der Waals surface area contributed by atoms with Gasteiger partial charge in [0.15, 0.2) is 6.35 Å². The molecular formula is C12H16N2O4. The number of carboxylic acid groups (broad SMARTS) is 1. The fourth-order valence-corrected chi connectivity index (χ4v) is 2.03. The van der Waals surface area contributed by atoms with E-state index in [2.05, 4.69) is 5.32 Å². The van der Waals surface area contributed by atoms with E-state index < -0.39 is 18.5 Å². The van der Waals surface area contributed by atoms with E-state index in [1.54, 1.807) is 11.0 Å². The summed E-state index contributed by atoms with van der Waals surface area (Å²) in [6.45, 7) is 2.30. The van der Waals surface area contributed by atoms with Crippen LogP contribution in [0.2, 0.25) is 0 Å². The van der Waals surface area contributed by atoms with Gasteiger partial charge in [0.05, 0.1) is 5.56 Å². The molecular weight excluding hydrogens is 236 g/mol. The summed E-state index contributed by atoms with van der Waals surface area (Å²) < 4.78 is 0. The number of carbonyl (C=O) groups is 1. The van der Waals surface area contributed by atoms with Crippen molar-refractivity contribution in [2.45, 2.75) is 25.9 Å². The Balaban J connectivity index is 2.32. The Morgan fingerprint density at radius 3 is 2.78 bits per heavy atom. The predicted octanol–water partition coefficient (Wildman–Crippen LogP) is 0.0872. The second kappa shape index (κ2) is 4.93. The molecule has 2 rings (SSSR count). The van der Waals surface area contributed by atoms with E-state index in [1.807, 2.05) is 6.92 Å². The van der Waals surface area contributed by atoms with Crippen molar-refractivity contribution in [3.63, 3.8) is 0 Å². The minimum Gasteiger partial charge on any atom is -0.478 e. The van der Waals surface area contributed by atoms with E-state index in [0.717, 1.165) is 5.56 Å². The van der Waals surface area contributed by atoms with Crippen LogP contribution in [-0.2, 0) is 0 Å². The lowest BCUT2D eigenvalue weighted by Gasteiger charge is -2.37. The van der Waals surface area contributed by atoms with Gasteiger partial charge < -0.3 is 20.2 Å². The summed E-state index contributed by atoms with van der Waals surface area (Å²) in [6.07, 6.45) is -1.29. The van der Waals surface area contributed by atoms with Gasteiger partial charge in [-0.25, -0.2) is 10.1 Å². The topological polar surface area (TPSA) is 93.0 Å². The van der Waals surface area contributed by atoms with Crippen molar-refractivity contribution in [1.29, 1.82) is 0 Å². The van der Waals surface area contributed by atoms with Gasteiger partial charge in [0.1, 0.15) is 6.23 Å². The number of aliphatic hydroxyl groups excluding tert-OH is 2. The van der Waals surface area contributed by atoms with Crippen LogP contribution in [0.15, 0.2) is 18.2 Å². The number of carboxylic acids is 1. The van der Waals surface area contributed by atoms with Gasteiger partial charge in [0, 0.05) is 18.7 Å². The fourth-order valence-electron chi connectivity index (χ4n) is 2.03. The Morgan fingerprint density at radius 2 is 2.17 bits per heavy atom. The molecule has 1 aromatic carbocycles. The molecule has 98 valence electrons. The summed E-state index contributed by atoms with van der Waals surface area (Å²) in [5.41, 5.74) is 1.70. The number of aryl methyl sites for hydroxylation is 1. The Labute approximate surface area is 104 Å². The zero-order valence-electron chi connectivity index (χ0n) is 10.00. The molecule has 2 unspecified atom stereocenters.